The van der Waals surface area contributed by atoms with Crippen molar-refractivity contribution in [3.63, 3.8) is 0 Å². The van der Waals surface area contributed by atoms with Crippen LogP contribution in [0.25, 0.3) is 0 Å². The molecule has 0 aliphatic carbocycles. The lowest BCUT2D eigenvalue weighted by molar-refractivity contribution is 0.497. The Balaban J connectivity index is 2.23. The molecular weight excluding hydrogens is 324 g/mol. The third-order valence-corrected chi connectivity index (χ3v) is 3.59. The van der Waals surface area contributed by atoms with Crippen molar-refractivity contribution in [2.45, 2.75) is 11.2 Å². The topological polar surface area (TPSA) is 0 Å². The second-order valence-corrected chi connectivity index (χ2v) is 5.16. The second kappa shape index (κ2) is 5.74. The normalized spacial score (nSPS) is 12.5. The maximum atomic E-state index is 13.5. The van der Waals surface area contributed by atoms with Gasteiger partial charge in [0.1, 0.15) is 0 Å². The molecule has 0 bridgehead atoms. The van der Waals surface area contributed by atoms with E-state index in [-0.39, 0.29) is 12.0 Å². The van der Waals surface area contributed by atoms with E-state index >= 15 is 0 Å². The van der Waals surface area contributed by atoms with Crippen LogP contribution in [0.5, 0.6) is 0 Å². The molecule has 1 unspecified atom stereocenters. The molecule has 0 spiro atoms. The molecule has 0 radical (unpaired) electrons. The molecule has 0 amide bonds. The minimum atomic E-state index is -0.971. The Labute approximate surface area is 116 Å². The quantitative estimate of drug-likeness (QED) is 0.552. The number of hydrogen-bond donors (Lipinski definition) is 0. The molecule has 0 aliphatic heterocycles. The Bertz CT molecular complexity index is 598. The molecule has 19 heavy (non-hydrogen) atoms. The summed E-state index contributed by atoms with van der Waals surface area (Å²) in [5.41, 5.74) is 0.633. The fraction of sp³-hybridized carbons (Fsp3) is 0.143. The largest absolute Gasteiger partial charge is 0.204 e. The lowest BCUT2D eigenvalue weighted by atomic mass is 10.0. The van der Waals surface area contributed by atoms with Crippen molar-refractivity contribution in [2.75, 3.05) is 0 Å². The average Bonchev–Trinajstić information content (AvgIpc) is 2.38. The van der Waals surface area contributed by atoms with Gasteiger partial charge in [-0.05, 0) is 35.7 Å². The van der Waals surface area contributed by atoms with Crippen molar-refractivity contribution in [1.82, 2.24) is 0 Å². The number of hydrogen-bond acceptors (Lipinski definition) is 0. The first-order chi connectivity index (χ1) is 8.99. The van der Waals surface area contributed by atoms with E-state index in [0.29, 0.717) is 5.56 Å². The first-order valence-corrected chi connectivity index (χ1v) is 6.42. The summed E-state index contributed by atoms with van der Waals surface area (Å²) in [5.74, 6) is -3.76. The Kier molecular flexibility index (Phi) is 4.24. The number of alkyl halides is 1. The average molecular weight is 333 g/mol. The molecular formula is C14H9BrF4. The third kappa shape index (κ3) is 3.15. The molecule has 0 heterocycles. The van der Waals surface area contributed by atoms with Crippen LogP contribution < -0.4 is 0 Å². The van der Waals surface area contributed by atoms with Crippen LogP contribution in [0.3, 0.4) is 0 Å². The third-order valence-electron chi connectivity index (χ3n) is 2.74. The van der Waals surface area contributed by atoms with Gasteiger partial charge in [0.15, 0.2) is 23.3 Å². The van der Waals surface area contributed by atoms with Gasteiger partial charge in [0.2, 0.25) is 0 Å². The van der Waals surface area contributed by atoms with Gasteiger partial charge in [-0.3, -0.25) is 0 Å². The summed E-state index contributed by atoms with van der Waals surface area (Å²) in [5, 5.41) is 0. The highest BCUT2D eigenvalue weighted by atomic mass is 79.9. The van der Waals surface area contributed by atoms with Crippen LogP contribution >= 0.6 is 15.9 Å². The fourth-order valence-corrected chi connectivity index (χ4v) is 2.36. The molecule has 2 aromatic carbocycles. The predicted molar refractivity (Wildman–Crippen MR) is 68.1 cm³/mol. The van der Waals surface area contributed by atoms with Crippen LogP contribution in [0, 0.1) is 23.3 Å². The van der Waals surface area contributed by atoms with Gasteiger partial charge >= 0.3 is 0 Å². The number of benzene rings is 2. The van der Waals surface area contributed by atoms with Gasteiger partial charge in [-0.2, -0.15) is 0 Å². The van der Waals surface area contributed by atoms with Gasteiger partial charge in [0.25, 0.3) is 0 Å². The monoisotopic (exact) mass is 332 g/mol. The van der Waals surface area contributed by atoms with Gasteiger partial charge in [-0.25, -0.2) is 17.6 Å². The smallest absolute Gasteiger partial charge is 0.162 e. The highest BCUT2D eigenvalue weighted by Crippen LogP contribution is 2.29. The number of rotatable bonds is 3. The molecule has 2 aromatic rings. The minimum Gasteiger partial charge on any atom is -0.204 e. The maximum Gasteiger partial charge on any atom is 0.162 e. The van der Waals surface area contributed by atoms with Crippen molar-refractivity contribution in [2.24, 2.45) is 0 Å². The standard InChI is InChI=1S/C14H9BrF4/c15-10(8-4-5-11(16)13(18)7-8)6-9-2-1-3-12(17)14(9)19/h1-5,7,10H,6H2. The van der Waals surface area contributed by atoms with E-state index in [4.69, 9.17) is 0 Å². The van der Waals surface area contributed by atoms with E-state index in [1.54, 1.807) is 0 Å². The molecule has 100 valence electrons. The van der Waals surface area contributed by atoms with Crippen LogP contribution in [0.15, 0.2) is 36.4 Å². The van der Waals surface area contributed by atoms with E-state index in [1.165, 1.54) is 18.2 Å². The van der Waals surface area contributed by atoms with Crippen molar-refractivity contribution < 1.29 is 17.6 Å². The summed E-state index contributed by atoms with van der Waals surface area (Å²) in [6, 6.07) is 7.31. The van der Waals surface area contributed by atoms with E-state index < -0.39 is 28.1 Å². The summed E-state index contributed by atoms with van der Waals surface area (Å²) in [6.07, 6.45) is 0.134. The van der Waals surface area contributed by atoms with E-state index in [2.05, 4.69) is 15.9 Å². The fourth-order valence-electron chi connectivity index (χ4n) is 1.72. The van der Waals surface area contributed by atoms with Crippen LogP contribution in [0.4, 0.5) is 17.6 Å². The molecule has 0 aliphatic rings. The Morgan fingerprint density at radius 1 is 0.895 bits per heavy atom. The first-order valence-electron chi connectivity index (χ1n) is 5.51. The molecule has 1 atom stereocenters. The van der Waals surface area contributed by atoms with Crippen molar-refractivity contribution in [3.8, 4) is 0 Å². The second-order valence-electron chi connectivity index (χ2n) is 4.06. The Morgan fingerprint density at radius 2 is 1.63 bits per heavy atom. The van der Waals surface area contributed by atoms with Gasteiger partial charge in [0, 0.05) is 4.83 Å². The van der Waals surface area contributed by atoms with Crippen LogP contribution in [0.2, 0.25) is 0 Å². The van der Waals surface area contributed by atoms with E-state index in [1.807, 2.05) is 0 Å². The molecule has 0 saturated carbocycles. The number of halogens is 5. The Hall–Kier alpha value is -1.36. The van der Waals surface area contributed by atoms with Gasteiger partial charge < -0.3 is 0 Å². The summed E-state index contributed by atoms with van der Waals surface area (Å²) < 4.78 is 52.4. The zero-order valence-electron chi connectivity index (χ0n) is 9.64. The molecule has 0 aromatic heterocycles. The van der Waals surface area contributed by atoms with Crippen molar-refractivity contribution >= 4 is 15.9 Å². The summed E-state index contributed by atoms with van der Waals surface area (Å²) in [4.78, 5) is -0.432. The zero-order chi connectivity index (χ0) is 14.0. The Morgan fingerprint density at radius 3 is 2.32 bits per heavy atom. The van der Waals surface area contributed by atoms with E-state index in [0.717, 1.165) is 18.2 Å². The summed E-state index contributed by atoms with van der Waals surface area (Å²) in [7, 11) is 0. The highest BCUT2D eigenvalue weighted by Gasteiger charge is 2.15. The van der Waals surface area contributed by atoms with Gasteiger partial charge in [0.05, 0.1) is 0 Å². The minimum absolute atomic E-state index is 0.134. The van der Waals surface area contributed by atoms with Gasteiger partial charge in [-0.15, -0.1) is 0 Å². The SMILES string of the molecule is Fc1ccc(C(Br)Cc2cccc(F)c2F)cc1F. The molecule has 2 rings (SSSR count). The highest BCUT2D eigenvalue weighted by molar-refractivity contribution is 9.09. The molecule has 0 nitrogen and oxygen atoms in total. The van der Waals surface area contributed by atoms with Crippen LogP contribution in [0.1, 0.15) is 16.0 Å². The lowest BCUT2D eigenvalue weighted by Gasteiger charge is -2.11. The van der Waals surface area contributed by atoms with Crippen molar-refractivity contribution in [3.05, 3.63) is 70.8 Å². The van der Waals surface area contributed by atoms with Crippen molar-refractivity contribution in [1.29, 1.82) is 0 Å². The molecule has 5 heteroatoms. The summed E-state index contributed by atoms with van der Waals surface area (Å²) >= 11 is 3.26. The summed E-state index contributed by atoms with van der Waals surface area (Å²) in [6.45, 7) is 0. The predicted octanol–water partition coefficient (Wildman–Crippen LogP) is 4.92. The van der Waals surface area contributed by atoms with Crippen LogP contribution in [-0.4, -0.2) is 0 Å². The van der Waals surface area contributed by atoms with E-state index in [9.17, 15) is 17.6 Å². The van der Waals surface area contributed by atoms with Crippen LogP contribution in [-0.2, 0) is 6.42 Å². The molecule has 0 N–H and O–H groups in total. The lowest BCUT2D eigenvalue weighted by Crippen LogP contribution is -2.01. The molecule has 0 fully saturated rings. The molecule has 0 saturated heterocycles. The first kappa shape index (κ1) is 14.1. The maximum absolute atomic E-state index is 13.5. The zero-order valence-corrected chi connectivity index (χ0v) is 11.2. The van der Waals surface area contributed by atoms with Gasteiger partial charge in [-0.1, -0.05) is 34.1 Å².